The highest BCUT2D eigenvalue weighted by Crippen LogP contribution is 2.26. The van der Waals surface area contributed by atoms with Crippen LogP contribution in [0.4, 0.5) is 0 Å². The smallest absolute Gasteiger partial charge is 0.308 e. The van der Waals surface area contributed by atoms with E-state index in [-0.39, 0.29) is 10.5 Å². The number of sulfone groups is 1. The topological polar surface area (TPSA) is 101 Å². The van der Waals surface area contributed by atoms with Crippen LogP contribution in [0.15, 0.2) is 23.1 Å². The highest BCUT2D eigenvalue weighted by Gasteiger charge is 2.34. The molecule has 2 atom stereocenters. The van der Waals surface area contributed by atoms with Crippen molar-refractivity contribution in [3.05, 3.63) is 29.3 Å². The summed E-state index contributed by atoms with van der Waals surface area (Å²) in [4.78, 5) is 23.5. The van der Waals surface area contributed by atoms with E-state index < -0.39 is 33.7 Å². The Morgan fingerprint density at radius 2 is 1.95 bits per heavy atom. The molecular weight excluding hydrogens is 306 g/mol. The Kier molecular flexibility index (Phi) is 4.55. The number of benzene rings is 1. The van der Waals surface area contributed by atoms with E-state index >= 15 is 0 Å². The summed E-state index contributed by atoms with van der Waals surface area (Å²) >= 11 is 0. The molecule has 0 radical (unpaired) electrons. The fourth-order valence-corrected chi connectivity index (χ4v) is 3.81. The number of hydrogen-bond acceptors (Lipinski definition) is 4. The number of carboxylic acid groups (broad SMARTS) is 1. The minimum absolute atomic E-state index is 0.112. The van der Waals surface area contributed by atoms with Gasteiger partial charge in [-0.05, 0) is 37.5 Å². The van der Waals surface area contributed by atoms with Gasteiger partial charge in [0.15, 0.2) is 9.84 Å². The number of rotatable bonds is 4. The van der Waals surface area contributed by atoms with Gasteiger partial charge in [0.2, 0.25) is 0 Å². The van der Waals surface area contributed by atoms with Gasteiger partial charge >= 0.3 is 5.97 Å². The van der Waals surface area contributed by atoms with E-state index in [1.54, 1.807) is 19.1 Å². The maximum atomic E-state index is 12.3. The molecular formula is C15H19NO5S. The van der Waals surface area contributed by atoms with Crippen LogP contribution in [0.25, 0.3) is 0 Å². The molecule has 0 heterocycles. The average Bonchev–Trinajstić information content (AvgIpc) is 2.86. The summed E-state index contributed by atoms with van der Waals surface area (Å²) < 4.78 is 23.4. The number of aliphatic carboxylic acids is 1. The molecule has 120 valence electrons. The number of aryl methyl sites for hydroxylation is 1. The number of carboxylic acids is 1. The van der Waals surface area contributed by atoms with Crippen molar-refractivity contribution in [1.82, 2.24) is 5.32 Å². The van der Waals surface area contributed by atoms with E-state index in [0.29, 0.717) is 18.4 Å². The van der Waals surface area contributed by atoms with Crippen molar-refractivity contribution in [2.24, 2.45) is 5.92 Å². The lowest BCUT2D eigenvalue weighted by Gasteiger charge is -2.18. The molecule has 0 aromatic heterocycles. The molecule has 0 saturated heterocycles. The molecule has 1 aromatic rings. The lowest BCUT2D eigenvalue weighted by atomic mass is 10.0. The molecule has 22 heavy (non-hydrogen) atoms. The first kappa shape index (κ1) is 16.5. The molecule has 1 aromatic carbocycles. The van der Waals surface area contributed by atoms with E-state index in [0.717, 1.165) is 12.7 Å². The van der Waals surface area contributed by atoms with Crippen molar-refractivity contribution in [2.45, 2.75) is 37.1 Å². The zero-order valence-electron chi connectivity index (χ0n) is 12.5. The Hall–Kier alpha value is -1.89. The first-order valence-corrected chi connectivity index (χ1v) is 8.93. The van der Waals surface area contributed by atoms with Gasteiger partial charge in [0.25, 0.3) is 5.91 Å². The third kappa shape index (κ3) is 3.47. The highest BCUT2D eigenvalue weighted by atomic mass is 32.2. The fraction of sp³-hybridized carbons (Fsp3) is 0.467. The van der Waals surface area contributed by atoms with Crippen LogP contribution in [0, 0.1) is 12.8 Å². The molecule has 1 amide bonds. The zero-order valence-corrected chi connectivity index (χ0v) is 13.3. The van der Waals surface area contributed by atoms with Crippen molar-refractivity contribution in [2.75, 3.05) is 6.26 Å². The first-order chi connectivity index (χ1) is 10.2. The van der Waals surface area contributed by atoms with Crippen LogP contribution < -0.4 is 5.32 Å². The van der Waals surface area contributed by atoms with Gasteiger partial charge in [-0.3, -0.25) is 9.59 Å². The number of carbonyl (C=O) groups excluding carboxylic acids is 1. The van der Waals surface area contributed by atoms with Gasteiger partial charge < -0.3 is 10.4 Å². The van der Waals surface area contributed by atoms with Gasteiger partial charge in [-0.15, -0.1) is 0 Å². The van der Waals surface area contributed by atoms with Gasteiger partial charge in [0.05, 0.1) is 10.8 Å². The Balaban J connectivity index is 2.22. The van der Waals surface area contributed by atoms with Gasteiger partial charge in [0, 0.05) is 17.9 Å². The quantitative estimate of drug-likeness (QED) is 0.871. The van der Waals surface area contributed by atoms with Crippen molar-refractivity contribution < 1.29 is 23.1 Å². The van der Waals surface area contributed by atoms with Gasteiger partial charge in [-0.2, -0.15) is 0 Å². The molecule has 0 aliphatic heterocycles. The van der Waals surface area contributed by atoms with Crippen LogP contribution in [-0.2, 0) is 14.6 Å². The number of carbonyl (C=O) groups is 2. The van der Waals surface area contributed by atoms with E-state index in [9.17, 15) is 18.0 Å². The molecule has 7 heteroatoms. The zero-order chi connectivity index (χ0) is 16.5. The fourth-order valence-electron chi connectivity index (χ4n) is 2.82. The summed E-state index contributed by atoms with van der Waals surface area (Å²) in [5, 5.41) is 11.8. The maximum Gasteiger partial charge on any atom is 0.308 e. The Labute approximate surface area is 129 Å². The molecule has 0 bridgehead atoms. The van der Waals surface area contributed by atoms with E-state index in [2.05, 4.69) is 5.32 Å². The molecule has 6 nitrogen and oxygen atoms in total. The first-order valence-electron chi connectivity index (χ1n) is 7.04. The molecule has 1 saturated carbocycles. The van der Waals surface area contributed by atoms with E-state index in [1.807, 2.05) is 0 Å². The second-order valence-electron chi connectivity index (χ2n) is 5.71. The molecule has 0 unspecified atom stereocenters. The summed E-state index contributed by atoms with van der Waals surface area (Å²) in [5.41, 5.74) is 0.797. The molecule has 1 aliphatic carbocycles. The van der Waals surface area contributed by atoms with Crippen molar-refractivity contribution in [3.8, 4) is 0 Å². The second-order valence-corrected chi connectivity index (χ2v) is 7.69. The molecule has 1 aliphatic rings. The number of amides is 1. The molecule has 1 fully saturated rings. The van der Waals surface area contributed by atoms with Crippen molar-refractivity contribution in [3.63, 3.8) is 0 Å². The second kappa shape index (κ2) is 6.08. The summed E-state index contributed by atoms with van der Waals surface area (Å²) in [6.45, 7) is 1.66. The molecule has 2 N–H and O–H groups in total. The maximum absolute atomic E-state index is 12.3. The van der Waals surface area contributed by atoms with E-state index in [1.165, 1.54) is 6.07 Å². The molecule has 2 rings (SSSR count). The predicted octanol–water partition coefficient (Wildman–Crippen LogP) is 1.38. The summed E-state index contributed by atoms with van der Waals surface area (Å²) in [7, 11) is -3.42. The Morgan fingerprint density at radius 3 is 2.55 bits per heavy atom. The lowest BCUT2D eigenvalue weighted by Crippen LogP contribution is -2.40. The minimum atomic E-state index is -3.42. The van der Waals surface area contributed by atoms with Gasteiger partial charge in [0.1, 0.15) is 0 Å². The third-order valence-electron chi connectivity index (χ3n) is 4.00. The largest absolute Gasteiger partial charge is 0.481 e. The summed E-state index contributed by atoms with van der Waals surface area (Å²) in [5.74, 6) is -1.93. The van der Waals surface area contributed by atoms with Crippen LogP contribution in [0.1, 0.15) is 35.2 Å². The number of hydrogen-bond donors (Lipinski definition) is 2. The lowest BCUT2D eigenvalue weighted by molar-refractivity contribution is -0.142. The van der Waals surface area contributed by atoms with E-state index in [4.69, 9.17) is 5.11 Å². The van der Waals surface area contributed by atoms with Crippen molar-refractivity contribution in [1.29, 1.82) is 0 Å². The summed E-state index contributed by atoms with van der Waals surface area (Å²) in [6.07, 6.45) is 3.01. The average molecular weight is 325 g/mol. The predicted molar refractivity (Wildman–Crippen MR) is 80.5 cm³/mol. The van der Waals surface area contributed by atoms with Crippen LogP contribution >= 0.6 is 0 Å². The van der Waals surface area contributed by atoms with Gasteiger partial charge in [-0.25, -0.2) is 8.42 Å². The Morgan fingerprint density at radius 1 is 1.27 bits per heavy atom. The van der Waals surface area contributed by atoms with Crippen LogP contribution in [0.3, 0.4) is 0 Å². The standard InChI is InChI=1S/C15H19NO5S/c1-9-6-7-10(8-13(9)22(2,20)21)14(17)16-12-5-3-4-11(12)15(18)19/h6-8,11-12H,3-5H2,1-2H3,(H,16,17)(H,18,19)/t11-,12+/m0/s1. The monoisotopic (exact) mass is 325 g/mol. The SMILES string of the molecule is Cc1ccc(C(=O)N[C@@H]2CCC[C@@H]2C(=O)O)cc1S(C)(=O)=O. The van der Waals surface area contributed by atoms with Crippen LogP contribution in [-0.4, -0.2) is 37.7 Å². The molecule has 0 spiro atoms. The minimum Gasteiger partial charge on any atom is -0.481 e. The summed E-state index contributed by atoms with van der Waals surface area (Å²) in [6, 6.07) is 4.05. The third-order valence-corrected chi connectivity index (χ3v) is 5.24. The van der Waals surface area contributed by atoms with Gasteiger partial charge in [-0.1, -0.05) is 12.5 Å². The van der Waals surface area contributed by atoms with Crippen molar-refractivity contribution >= 4 is 21.7 Å². The van der Waals surface area contributed by atoms with Crippen LogP contribution in [0.5, 0.6) is 0 Å². The normalized spacial score (nSPS) is 21.5. The number of nitrogens with one attached hydrogen (secondary N) is 1. The van der Waals surface area contributed by atoms with Crippen LogP contribution in [0.2, 0.25) is 0 Å². The highest BCUT2D eigenvalue weighted by molar-refractivity contribution is 7.90. The Bertz CT molecular complexity index is 711.